The molecule has 2 atom stereocenters. The first-order chi connectivity index (χ1) is 14.8. The number of benzene rings is 1. The maximum absolute atomic E-state index is 14.5. The number of halogens is 9. The fraction of sp³-hybridized carbons (Fsp3) is 0.421. The summed E-state index contributed by atoms with van der Waals surface area (Å²) in [6.07, 6.45) is -7.93. The molecule has 1 N–H and O–H groups in total. The molecule has 0 aliphatic heterocycles. The zero-order chi connectivity index (χ0) is 24.0. The molecule has 1 unspecified atom stereocenters. The van der Waals surface area contributed by atoms with E-state index in [0.29, 0.717) is 12.3 Å². The Bertz CT molecular complexity index is 1080. The molecule has 3 rings (SSSR count). The molecule has 0 saturated carbocycles. The van der Waals surface area contributed by atoms with Crippen LogP contribution in [0.4, 0.5) is 35.1 Å². The molecule has 32 heavy (non-hydrogen) atoms. The molecule has 1 aromatic carbocycles. The summed E-state index contributed by atoms with van der Waals surface area (Å²) in [5.41, 5.74) is -2.56. The van der Waals surface area contributed by atoms with Gasteiger partial charge in [-0.3, -0.25) is 4.99 Å². The quantitative estimate of drug-likeness (QED) is 0.534. The maximum atomic E-state index is 14.5. The standard InChI is InChI=1S/C19H15BrF8N2O2/c1-29-16-12(32-17(22)23)4-9(19(26,27)28)7-30(16)6-8-5-18(24,25)15(31)13-10(8)2-3-11(20)14(13)21/h2-4,7-8,15,17,31H,5-6H2,1H3/t8-,15?/m0/s1. The lowest BCUT2D eigenvalue weighted by atomic mass is 9.78. The van der Waals surface area contributed by atoms with Crippen LogP contribution in [0.2, 0.25) is 0 Å². The first-order valence-corrected chi connectivity index (χ1v) is 9.78. The molecule has 1 aromatic heterocycles. The van der Waals surface area contributed by atoms with Crippen molar-refractivity contribution in [3.05, 3.63) is 56.9 Å². The molecule has 1 aliphatic rings. The summed E-state index contributed by atoms with van der Waals surface area (Å²) in [5, 5.41) is 9.98. The Labute approximate surface area is 184 Å². The Kier molecular flexibility index (Phi) is 6.62. The van der Waals surface area contributed by atoms with Gasteiger partial charge in [-0.15, -0.1) is 0 Å². The van der Waals surface area contributed by atoms with Gasteiger partial charge in [-0.2, -0.15) is 22.0 Å². The third-order valence-corrected chi connectivity index (χ3v) is 5.66. The second-order valence-electron chi connectivity index (χ2n) is 7.10. The lowest BCUT2D eigenvalue weighted by molar-refractivity contribution is -0.138. The Morgan fingerprint density at radius 2 is 1.97 bits per heavy atom. The third kappa shape index (κ3) is 4.63. The van der Waals surface area contributed by atoms with Crippen LogP contribution < -0.4 is 10.2 Å². The molecule has 13 heteroatoms. The molecule has 2 aromatic rings. The van der Waals surface area contributed by atoms with Crippen molar-refractivity contribution in [2.24, 2.45) is 4.99 Å². The van der Waals surface area contributed by atoms with E-state index in [1.165, 1.54) is 12.1 Å². The van der Waals surface area contributed by atoms with Gasteiger partial charge in [-0.25, -0.2) is 13.2 Å². The van der Waals surface area contributed by atoms with Crippen molar-refractivity contribution in [3.8, 4) is 5.75 Å². The van der Waals surface area contributed by atoms with Crippen LogP contribution in [0.5, 0.6) is 5.75 Å². The first-order valence-electron chi connectivity index (χ1n) is 8.99. The smallest absolute Gasteiger partial charge is 0.417 e. The van der Waals surface area contributed by atoms with E-state index in [1.807, 2.05) is 0 Å². The van der Waals surface area contributed by atoms with Gasteiger partial charge >= 0.3 is 12.8 Å². The lowest BCUT2D eigenvalue weighted by Gasteiger charge is -2.36. The van der Waals surface area contributed by atoms with Gasteiger partial charge < -0.3 is 14.4 Å². The van der Waals surface area contributed by atoms with E-state index in [4.69, 9.17) is 0 Å². The zero-order valence-corrected chi connectivity index (χ0v) is 17.7. The van der Waals surface area contributed by atoms with E-state index < -0.39 is 71.9 Å². The molecule has 176 valence electrons. The number of nitrogens with zero attached hydrogens (tertiary/aromatic N) is 2. The van der Waals surface area contributed by atoms with Gasteiger partial charge in [-0.05, 0) is 33.6 Å². The average Bonchev–Trinajstić information content (AvgIpc) is 2.66. The van der Waals surface area contributed by atoms with Crippen molar-refractivity contribution in [2.45, 2.75) is 43.7 Å². The summed E-state index contributed by atoms with van der Waals surface area (Å²) in [5.74, 6) is -7.11. The highest BCUT2D eigenvalue weighted by molar-refractivity contribution is 9.10. The molecule has 1 heterocycles. The second kappa shape index (κ2) is 8.65. The van der Waals surface area contributed by atoms with E-state index in [2.05, 4.69) is 25.7 Å². The van der Waals surface area contributed by atoms with Gasteiger partial charge in [0.25, 0.3) is 5.92 Å². The highest BCUT2D eigenvalue weighted by Crippen LogP contribution is 2.49. The second-order valence-corrected chi connectivity index (χ2v) is 7.95. The number of aliphatic hydroxyl groups excluding tert-OH is 1. The minimum absolute atomic E-state index is 0.0487. The Morgan fingerprint density at radius 3 is 2.53 bits per heavy atom. The minimum Gasteiger partial charge on any atom is -0.431 e. The van der Waals surface area contributed by atoms with E-state index in [1.54, 1.807) is 0 Å². The van der Waals surface area contributed by atoms with Crippen LogP contribution in [-0.4, -0.2) is 29.3 Å². The number of ether oxygens (including phenoxy) is 1. The number of hydrogen-bond donors (Lipinski definition) is 1. The third-order valence-electron chi connectivity index (χ3n) is 5.04. The van der Waals surface area contributed by atoms with E-state index in [-0.39, 0.29) is 10.0 Å². The fourth-order valence-electron chi connectivity index (χ4n) is 3.71. The molecule has 4 nitrogen and oxygen atoms in total. The summed E-state index contributed by atoms with van der Waals surface area (Å²) in [6, 6.07) is 2.80. The summed E-state index contributed by atoms with van der Waals surface area (Å²) >= 11 is 2.85. The molecule has 0 fully saturated rings. The molecular formula is C19H15BrF8N2O2. The Balaban J connectivity index is 2.18. The van der Waals surface area contributed by atoms with Crippen LogP contribution in [0, 0.1) is 5.82 Å². The van der Waals surface area contributed by atoms with Crippen molar-refractivity contribution in [3.63, 3.8) is 0 Å². The molecule has 0 radical (unpaired) electrons. The number of aromatic nitrogens is 1. The number of alkyl halides is 7. The molecule has 0 amide bonds. The molecule has 0 spiro atoms. The zero-order valence-electron chi connectivity index (χ0n) is 16.1. The van der Waals surface area contributed by atoms with Crippen LogP contribution in [0.25, 0.3) is 0 Å². The summed E-state index contributed by atoms with van der Waals surface area (Å²) in [6.45, 7) is -4.07. The summed E-state index contributed by atoms with van der Waals surface area (Å²) < 4.78 is 114. The highest BCUT2D eigenvalue weighted by atomic mass is 79.9. The topological polar surface area (TPSA) is 46.8 Å². The van der Waals surface area contributed by atoms with Crippen LogP contribution in [0.15, 0.2) is 33.9 Å². The lowest BCUT2D eigenvalue weighted by Crippen LogP contribution is -2.38. The highest BCUT2D eigenvalue weighted by Gasteiger charge is 2.49. The fourth-order valence-corrected chi connectivity index (χ4v) is 4.05. The average molecular weight is 535 g/mol. The van der Waals surface area contributed by atoms with Crippen molar-refractivity contribution < 1.29 is 45.0 Å². The SMILES string of the molecule is CN=c1c(OC(F)F)cc(C(F)(F)F)cn1C[C@@H]1CC(F)(F)C(O)c2c1ccc(Br)c2F. The van der Waals surface area contributed by atoms with Gasteiger partial charge in [-0.1, -0.05) is 6.07 Å². The van der Waals surface area contributed by atoms with Crippen LogP contribution >= 0.6 is 15.9 Å². The van der Waals surface area contributed by atoms with E-state index >= 15 is 0 Å². The number of fused-ring (bicyclic) bond motifs is 1. The van der Waals surface area contributed by atoms with Crippen LogP contribution in [-0.2, 0) is 12.7 Å². The van der Waals surface area contributed by atoms with Gasteiger partial charge in [0.1, 0.15) is 11.9 Å². The molecule has 0 bridgehead atoms. The Morgan fingerprint density at radius 1 is 1.31 bits per heavy atom. The van der Waals surface area contributed by atoms with Gasteiger partial charge in [0.15, 0.2) is 11.2 Å². The van der Waals surface area contributed by atoms with Gasteiger partial charge in [0.05, 0.1) is 10.0 Å². The van der Waals surface area contributed by atoms with Crippen LogP contribution in [0.3, 0.4) is 0 Å². The van der Waals surface area contributed by atoms with Gasteiger partial charge in [0, 0.05) is 37.7 Å². The monoisotopic (exact) mass is 534 g/mol. The predicted octanol–water partition coefficient (Wildman–Crippen LogP) is 5.40. The number of rotatable bonds is 4. The van der Waals surface area contributed by atoms with Crippen molar-refractivity contribution in [2.75, 3.05) is 7.05 Å². The number of pyridine rings is 1. The maximum Gasteiger partial charge on any atom is 0.417 e. The molecular weight excluding hydrogens is 520 g/mol. The first kappa shape index (κ1) is 24.5. The largest absolute Gasteiger partial charge is 0.431 e. The van der Waals surface area contributed by atoms with Crippen LogP contribution in [0.1, 0.15) is 35.1 Å². The predicted molar refractivity (Wildman–Crippen MR) is 98.9 cm³/mol. The molecule has 1 aliphatic carbocycles. The Hall–Kier alpha value is -2.15. The van der Waals surface area contributed by atoms with E-state index in [9.17, 15) is 40.2 Å². The van der Waals surface area contributed by atoms with Crippen molar-refractivity contribution in [1.29, 1.82) is 0 Å². The van der Waals surface area contributed by atoms with Crippen molar-refractivity contribution in [1.82, 2.24) is 4.57 Å². The summed E-state index contributed by atoms with van der Waals surface area (Å²) in [7, 11) is 1.10. The van der Waals surface area contributed by atoms with Gasteiger partial charge in [0.2, 0.25) is 0 Å². The summed E-state index contributed by atoms with van der Waals surface area (Å²) in [4.78, 5) is 3.67. The van der Waals surface area contributed by atoms with Crippen molar-refractivity contribution >= 4 is 15.9 Å². The number of hydrogen-bond acceptors (Lipinski definition) is 3. The van der Waals surface area contributed by atoms with E-state index in [0.717, 1.165) is 11.6 Å². The number of aliphatic hydroxyl groups is 1. The normalized spacial score (nSPS) is 21.1. The minimum atomic E-state index is -4.96. The molecule has 0 saturated heterocycles.